The van der Waals surface area contributed by atoms with Gasteiger partial charge < -0.3 is 15.0 Å². The minimum absolute atomic E-state index is 0.358. The molecule has 2 rings (SSSR count). The summed E-state index contributed by atoms with van der Waals surface area (Å²) in [6.07, 6.45) is 0. The molecule has 2 aromatic rings. The van der Waals surface area contributed by atoms with Gasteiger partial charge in [-0.05, 0) is 18.4 Å². The Bertz CT molecular complexity index is 478. The van der Waals surface area contributed by atoms with Gasteiger partial charge in [0.2, 0.25) is 0 Å². The summed E-state index contributed by atoms with van der Waals surface area (Å²) in [5.74, 6) is -0.360. The summed E-state index contributed by atoms with van der Waals surface area (Å²) >= 11 is 1.53. The first-order chi connectivity index (χ1) is 7.16. The van der Waals surface area contributed by atoms with Crippen LogP contribution in [0.1, 0.15) is 17.4 Å². The lowest BCUT2D eigenvalue weighted by atomic mass is 10.3. The first kappa shape index (κ1) is 10.0. The minimum Gasteiger partial charge on any atom is -0.461 e. The van der Waals surface area contributed by atoms with Crippen molar-refractivity contribution in [1.82, 2.24) is 4.57 Å². The van der Waals surface area contributed by atoms with Gasteiger partial charge in [-0.25, -0.2) is 4.79 Å². The summed E-state index contributed by atoms with van der Waals surface area (Å²) in [5, 5.41) is 1.95. The zero-order valence-electron chi connectivity index (χ0n) is 8.61. The van der Waals surface area contributed by atoms with Crippen LogP contribution in [0.2, 0.25) is 0 Å². The number of aromatic nitrogens is 1. The van der Waals surface area contributed by atoms with E-state index in [1.165, 1.54) is 11.3 Å². The molecule has 2 aromatic heterocycles. The predicted molar refractivity (Wildman–Crippen MR) is 61.2 cm³/mol. The van der Waals surface area contributed by atoms with E-state index in [4.69, 9.17) is 10.5 Å². The number of nitrogens with two attached hydrogens (primary N) is 1. The van der Waals surface area contributed by atoms with Crippen molar-refractivity contribution in [1.29, 1.82) is 0 Å². The number of carbonyl (C=O) groups is 1. The summed E-state index contributed by atoms with van der Waals surface area (Å²) < 4.78 is 7.68. The maximum atomic E-state index is 11.6. The van der Waals surface area contributed by atoms with Crippen molar-refractivity contribution in [2.45, 2.75) is 6.92 Å². The van der Waals surface area contributed by atoms with Gasteiger partial charge in [-0.3, -0.25) is 0 Å². The molecule has 0 aliphatic heterocycles. The van der Waals surface area contributed by atoms with Gasteiger partial charge in [-0.15, -0.1) is 11.3 Å². The van der Waals surface area contributed by atoms with Crippen molar-refractivity contribution >= 4 is 33.2 Å². The second-order valence-corrected chi connectivity index (χ2v) is 4.09. The molecule has 0 saturated carbocycles. The van der Waals surface area contributed by atoms with E-state index in [2.05, 4.69) is 0 Å². The Morgan fingerprint density at radius 3 is 3.00 bits per heavy atom. The van der Waals surface area contributed by atoms with Gasteiger partial charge in [0, 0.05) is 7.05 Å². The topological polar surface area (TPSA) is 57.2 Å². The van der Waals surface area contributed by atoms with Crippen LogP contribution in [0.4, 0.5) is 5.69 Å². The summed E-state index contributed by atoms with van der Waals surface area (Å²) in [6.45, 7) is 2.14. The first-order valence-electron chi connectivity index (χ1n) is 4.65. The van der Waals surface area contributed by atoms with E-state index in [0.717, 1.165) is 10.2 Å². The highest BCUT2D eigenvalue weighted by Gasteiger charge is 2.20. The number of nitrogens with zero attached hydrogens (tertiary/aromatic N) is 1. The van der Waals surface area contributed by atoms with Gasteiger partial charge in [0.05, 0.1) is 22.5 Å². The van der Waals surface area contributed by atoms with Crippen LogP contribution < -0.4 is 5.73 Å². The molecule has 5 heteroatoms. The molecule has 4 nitrogen and oxygen atoms in total. The Hall–Kier alpha value is -1.49. The molecule has 2 heterocycles. The molecule has 0 atom stereocenters. The highest BCUT2D eigenvalue weighted by atomic mass is 32.1. The molecule has 0 bridgehead atoms. The molecule has 80 valence electrons. The van der Waals surface area contributed by atoms with Crippen LogP contribution in [0.25, 0.3) is 10.2 Å². The largest absolute Gasteiger partial charge is 0.461 e. The number of anilines is 1. The van der Waals surface area contributed by atoms with Gasteiger partial charge in [0.15, 0.2) is 5.69 Å². The van der Waals surface area contributed by atoms with E-state index in [1.54, 1.807) is 11.5 Å². The summed E-state index contributed by atoms with van der Waals surface area (Å²) in [5.41, 5.74) is 7.83. The number of carbonyl (C=O) groups excluding carboxylic acids is 1. The molecular formula is C10H12N2O2S. The van der Waals surface area contributed by atoms with Crippen LogP contribution in [0.3, 0.4) is 0 Å². The molecule has 0 amide bonds. The zero-order chi connectivity index (χ0) is 11.0. The third-order valence-electron chi connectivity index (χ3n) is 2.31. The lowest BCUT2D eigenvalue weighted by Crippen LogP contribution is -2.11. The number of ether oxygens (including phenoxy) is 1. The highest BCUT2D eigenvalue weighted by molar-refractivity contribution is 7.17. The van der Waals surface area contributed by atoms with Crippen molar-refractivity contribution in [2.75, 3.05) is 12.3 Å². The minimum atomic E-state index is -0.360. The van der Waals surface area contributed by atoms with Crippen LogP contribution in [-0.4, -0.2) is 17.1 Å². The number of fused-ring (bicyclic) bond motifs is 1. The highest BCUT2D eigenvalue weighted by Crippen LogP contribution is 2.32. The molecule has 0 unspecified atom stereocenters. The van der Waals surface area contributed by atoms with Gasteiger partial charge in [0.1, 0.15) is 0 Å². The number of esters is 1. The van der Waals surface area contributed by atoms with Crippen molar-refractivity contribution in [2.24, 2.45) is 7.05 Å². The van der Waals surface area contributed by atoms with E-state index in [1.807, 2.05) is 18.5 Å². The maximum absolute atomic E-state index is 11.6. The van der Waals surface area contributed by atoms with Crippen LogP contribution in [-0.2, 0) is 11.8 Å². The quantitative estimate of drug-likeness (QED) is 0.794. The number of nitrogen functional groups attached to an aromatic ring is 1. The number of thiophene rings is 1. The summed E-state index contributed by atoms with van der Waals surface area (Å²) in [7, 11) is 1.82. The zero-order valence-corrected chi connectivity index (χ0v) is 9.43. The lowest BCUT2D eigenvalue weighted by Gasteiger charge is -2.04. The fraction of sp³-hybridized carbons (Fsp3) is 0.300. The van der Waals surface area contributed by atoms with E-state index < -0.39 is 0 Å². The number of aryl methyl sites for hydroxylation is 1. The number of hydrogen-bond acceptors (Lipinski definition) is 4. The third-order valence-corrected chi connectivity index (χ3v) is 3.25. The van der Waals surface area contributed by atoms with E-state index in [0.29, 0.717) is 18.0 Å². The number of hydrogen-bond donors (Lipinski definition) is 1. The molecule has 0 saturated heterocycles. The van der Waals surface area contributed by atoms with Crippen molar-refractivity contribution in [3.8, 4) is 0 Å². The normalized spacial score (nSPS) is 10.8. The Labute approximate surface area is 91.2 Å². The Morgan fingerprint density at radius 1 is 1.67 bits per heavy atom. The van der Waals surface area contributed by atoms with Crippen molar-refractivity contribution < 1.29 is 9.53 Å². The smallest absolute Gasteiger partial charge is 0.357 e. The molecule has 0 aliphatic rings. The molecule has 0 radical (unpaired) electrons. The molecule has 0 aromatic carbocycles. The number of rotatable bonds is 2. The van der Waals surface area contributed by atoms with Crippen LogP contribution in [0, 0.1) is 0 Å². The Kier molecular flexibility index (Phi) is 2.40. The van der Waals surface area contributed by atoms with Gasteiger partial charge in [-0.2, -0.15) is 0 Å². The van der Waals surface area contributed by atoms with E-state index in [-0.39, 0.29) is 5.97 Å². The molecule has 0 fully saturated rings. The Balaban J connectivity index is 2.60. The van der Waals surface area contributed by atoms with Gasteiger partial charge >= 0.3 is 5.97 Å². The SMILES string of the molecule is CCOC(=O)c1c(N)c2sccc2n1C. The van der Waals surface area contributed by atoms with E-state index >= 15 is 0 Å². The standard InChI is InChI=1S/C10H12N2O2S/c1-3-14-10(13)8-7(11)9-6(12(8)2)4-5-15-9/h4-5H,3,11H2,1-2H3. The van der Waals surface area contributed by atoms with E-state index in [9.17, 15) is 4.79 Å². The maximum Gasteiger partial charge on any atom is 0.357 e. The summed E-state index contributed by atoms with van der Waals surface area (Å²) in [4.78, 5) is 11.6. The van der Waals surface area contributed by atoms with Crippen molar-refractivity contribution in [3.05, 3.63) is 17.1 Å². The monoisotopic (exact) mass is 224 g/mol. The van der Waals surface area contributed by atoms with Crippen LogP contribution in [0.5, 0.6) is 0 Å². The third kappa shape index (κ3) is 1.39. The average molecular weight is 224 g/mol. The van der Waals surface area contributed by atoms with Crippen LogP contribution >= 0.6 is 11.3 Å². The summed E-state index contributed by atoms with van der Waals surface area (Å²) in [6, 6.07) is 1.94. The van der Waals surface area contributed by atoms with Crippen LogP contribution in [0.15, 0.2) is 11.4 Å². The molecule has 15 heavy (non-hydrogen) atoms. The second-order valence-electron chi connectivity index (χ2n) is 3.18. The Morgan fingerprint density at radius 2 is 2.40 bits per heavy atom. The first-order valence-corrected chi connectivity index (χ1v) is 5.53. The fourth-order valence-corrected chi connectivity index (χ4v) is 2.51. The molecular weight excluding hydrogens is 212 g/mol. The average Bonchev–Trinajstić information content (AvgIpc) is 2.72. The van der Waals surface area contributed by atoms with Gasteiger partial charge in [0.25, 0.3) is 0 Å². The molecule has 0 aliphatic carbocycles. The fourth-order valence-electron chi connectivity index (χ4n) is 1.62. The molecule has 2 N–H and O–H groups in total. The van der Waals surface area contributed by atoms with Gasteiger partial charge in [-0.1, -0.05) is 0 Å². The predicted octanol–water partition coefficient (Wildman–Crippen LogP) is 2.00. The van der Waals surface area contributed by atoms with Crippen molar-refractivity contribution in [3.63, 3.8) is 0 Å². The second kappa shape index (κ2) is 3.58. The molecule has 0 spiro atoms. The lowest BCUT2D eigenvalue weighted by molar-refractivity contribution is 0.0517.